The predicted octanol–water partition coefficient (Wildman–Crippen LogP) is 3.63. The highest BCUT2D eigenvalue weighted by Crippen LogP contribution is 2.23. The molecule has 7 nitrogen and oxygen atoms in total. The third-order valence-corrected chi connectivity index (χ3v) is 5.32. The zero-order chi connectivity index (χ0) is 19.1. The molecule has 0 fully saturated rings. The van der Waals surface area contributed by atoms with Crippen LogP contribution < -0.4 is 5.56 Å². The lowest BCUT2D eigenvalue weighted by Gasteiger charge is -2.02. The Labute approximate surface area is 163 Å². The van der Waals surface area contributed by atoms with Gasteiger partial charge in [0.25, 0.3) is 5.56 Å². The molecule has 0 saturated heterocycles. The van der Waals surface area contributed by atoms with E-state index in [0.29, 0.717) is 17.2 Å². The fourth-order valence-electron chi connectivity index (χ4n) is 3.06. The highest BCUT2D eigenvalue weighted by atomic mass is 32.1. The van der Waals surface area contributed by atoms with Crippen molar-refractivity contribution in [2.45, 2.75) is 13.5 Å². The van der Waals surface area contributed by atoms with E-state index in [1.165, 1.54) is 0 Å². The molecule has 5 aromatic rings. The summed E-state index contributed by atoms with van der Waals surface area (Å²) in [5.41, 5.74) is 3.13. The van der Waals surface area contributed by atoms with Crippen LogP contribution in [0, 0.1) is 6.92 Å². The van der Waals surface area contributed by atoms with Crippen molar-refractivity contribution in [2.75, 3.05) is 0 Å². The third kappa shape index (κ3) is 2.93. The molecule has 0 atom stereocenters. The van der Waals surface area contributed by atoms with Gasteiger partial charge in [-0.25, -0.2) is 4.52 Å². The first-order valence-corrected chi connectivity index (χ1v) is 9.58. The van der Waals surface area contributed by atoms with Gasteiger partial charge < -0.3 is 9.09 Å². The number of aryl methyl sites for hydroxylation is 1. The Kier molecular flexibility index (Phi) is 3.91. The first-order valence-electron chi connectivity index (χ1n) is 8.70. The molecule has 0 N–H and O–H groups in total. The number of hydrogen-bond donors (Lipinski definition) is 0. The van der Waals surface area contributed by atoms with Crippen LogP contribution in [0.3, 0.4) is 0 Å². The highest BCUT2D eigenvalue weighted by molar-refractivity contribution is 7.13. The molecule has 5 rings (SSSR count). The Morgan fingerprint density at radius 3 is 2.89 bits per heavy atom. The molecule has 138 valence electrons. The minimum absolute atomic E-state index is 0.159. The largest absolute Gasteiger partial charge is 0.337 e. The van der Waals surface area contributed by atoms with Crippen LogP contribution in [0.25, 0.3) is 27.5 Å². The Hall–Kier alpha value is -3.52. The monoisotopic (exact) mass is 389 g/mol. The van der Waals surface area contributed by atoms with Gasteiger partial charge in [0.2, 0.25) is 11.7 Å². The van der Waals surface area contributed by atoms with Crippen LogP contribution in [0.15, 0.2) is 69.6 Å². The molecule has 0 saturated carbocycles. The second kappa shape index (κ2) is 6.58. The summed E-state index contributed by atoms with van der Waals surface area (Å²) in [5.74, 6) is 0.887. The number of rotatable bonds is 4. The molecule has 0 bridgehead atoms. The van der Waals surface area contributed by atoms with Crippen molar-refractivity contribution in [1.82, 2.24) is 24.3 Å². The molecule has 1 aromatic carbocycles. The van der Waals surface area contributed by atoms with Crippen molar-refractivity contribution in [3.05, 3.63) is 82.0 Å². The van der Waals surface area contributed by atoms with Crippen LogP contribution in [-0.2, 0) is 6.54 Å². The van der Waals surface area contributed by atoms with E-state index in [1.54, 1.807) is 38.9 Å². The van der Waals surface area contributed by atoms with E-state index in [1.807, 2.05) is 48.7 Å². The Balaban J connectivity index is 1.47. The average molecular weight is 389 g/mol. The van der Waals surface area contributed by atoms with E-state index < -0.39 is 0 Å². The van der Waals surface area contributed by atoms with Crippen molar-refractivity contribution in [3.8, 4) is 22.0 Å². The first kappa shape index (κ1) is 16.6. The SMILES string of the molecule is Cc1cccc(-c2noc(Cn3ccn4nc(-c5cccs5)cc4c3=O)n2)c1. The molecule has 4 aromatic heterocycles. The topological polar surface area (TPSA) is 78.2 Å². The summed E-state index contributed by atoms with van der Waals surface area (Å²) < 4.78 is 8.49. The van der Waals surface area contributed by atoms with Crippen LogP contribution in [-0.4, -0.2) is 24.3 Å². The van der Waals surface area contributed by atoms with Gasteiger partial charge in [-0.1, -0.05) is 35.0 Å². The number of hydrogen-bond acceptors (Lipinski definition) is 6. The number of benzene rings is 1. The van der Waals surface area contributed by atoms with Gasteiger partial charge in [0.05, 0.1) is 4.88 Å². The van der Waals surface area contributed by atoms with Crippen molar-refractivity contribution in [3.63, 3.8) is 0 Å². The molecule has 0 aliphatic heterocycles. The summed E-state index contributed by atoms with van der Waals surface area (Å²) in [6.45, 7) is 2.21. The van der Waals surface area contributed by atoms with Gasteiger partial charge in [0.15, 0.2) is 0 Å². The standard InChI is InChI=1S/C20H15N5O2S/c1-13-4-2-5-14(10-13)19-21-18(27-23-19)12-24-7-8-25-16(20(24)26)11-15(22-25)17-6-3-9-28-17/h2-11H,12H2,1H3. The van der Waals surface area contributed by atoms with E-state index >= 15 is 0 Å². The van der Waals surface area contributed by atoms with Crippen LogP contribution in [0.2, 0.25) is 0 Å². The van der Waals surface area contributed by atoms with Gasteiger partial charge in [-0.05, 0) is 30.5 Å². The van der Waals surface area contributed by atoms with Crippen LogP contribution >= 0.6 is 11.3 Å². The second-order valence-electron chi connectivity index (χ2n) is 6.45. The van der Waals surface area contributed by atoms with E-state index in [0.717, 1.165) is 21.7 Å². The lowest BCUT2D eigenvalue weighted by molar-refractivity contribution is 0.370. The lowest BCUT2D eigenvalue weighted by atomic mass is 10.1. The third-order valence-electron chi connectivity index (χ3n) is 4.43. The zero-order valence-corrected chi connectivity index (χ0v) is 15.8. The normalized spacial score (nSPS) is 11.3. The van der Waals surface area contributed by atoms with Crippen LogP contribution in [0.5, 0.6) is 0 Å². The van der Waals surface area contributed by atoms with Crippen molar-refractivity contribution in [1.29, 1.82) is 0 Å². The molecule has 0 spiro atoms. The minimum Gasteiger partial charge on any atom is -0.337 e. The van der Waals surface area contributed by atoms with Gasteiger partial charge in [0, 0.05) is 18.0 Å². The van der Waals surface area contributed by atoms with Crippen molar-refractivity contribution < 1.29 is 4.52 Å². The number of aromatic nitrogens is 5. The van der Waals surface area contributed by atoms with Gasteiger partial charge in [0.1, 0.15) is 17.8 Å². The Morgan fingerprint density at radius 1 is 1.14 bits per heavy atom. The van der Waals surface area contributed by atoms with Gasteiger partial charge in [-0.2, -0.15) is 10.1 Å². The molecule has 0 amide bonds. The van der Waals surface area contributed by atoms with Crippen molar-refractivity contribution in [2.24, 2.45) is 0 Å². The summed E-state index contributed by atoms with van der Waals surface area (Å²) in [6.07, 6.45) is 3.43. The molecular formula is C20H15N5O2S. The number of fused-ring (bicyclic) bond motifs is 1. The molecule has 0 aliphatic rings. The summed E-state index contributed by atoms with van der Waals surface area (Å²) >= 11 is 1.59. The van der Waals surface area contributed by atoms with Gasteiger partial charge >= 0.3 is 0 Å². The number of nitrogens with zero attached hydrogens (tertiary/aromatic N) is 5. The lowest BCUT2D eigenvalue weighted by Crippen LogP contribution is -2.21. The fourth-order valence-corrected chi connectivity index (χ4v) is 3.74. The Bertz CT molecular complexity index is 1330. The van der Waals surface area contributed by atoms with E-state index in [9.17, 15) is 4.79 Å². The predicted molar refractivity (Wildman–Crippen MR) is 106 cm³/mol. The molecule has 0 unspecified atom stereocenters. The van der Waals surface area contributed by atoms with Crippen LogP contribution in [0.1, 0.15) is 11.5 Å². The molecule has 0 radical (unpaired) electrons. The molecule has 0 aliphatic carbocycles. The second-order valence-corrected chi connectivity index (χ2v) is 7.40. The highest BCUT2D eigenvalue weighted by Gasteiger charge is 2.13. The van der Waals surface area contributed by atoms with Gasteiger partial charge in [-0.3, -0.25) is 4.79 Å². The number of thiophene rings is 1. The Morgan fingerprint density at radius 2 is 2.07 bits per heavy atom. The van der Waals surface area contributed by atoms with Crippen LogP contribution in [0.4, 0.5) is 0 Å². The average Bonchev–Trinajstić information content (AvgIpc) is 3.44. The molecule has 8 heteroatoms. The first-order chi connectivity index (χ1) is 13.7. The maximum absolute atomic E-state index is 12.9. The zero-order valence-electron chi connectivity index (χ0n) is 14.9. The molecule has 4 heterocycles. The summed E-state index contributed by atoms with van der Waals surface area (Å²) in [4.78, 5) is 18.3. The fraction of sp³-hybridized carbons (Fsp3) is 0.100. The summed E-state index contributed by atoms with van der Waals surface area (Å²) in [5, 5.41) is 10.5. The molecule has 28 heavy (non-hydrogen) atoms. The maximum Gasteiger partial charge on any atom is 0.277 e. The van der Waals surface area contributed by atoms with Crippen molar-refractivity contribution >= 4 is 16.9 Å². The van der Waals surface area contributed by atoms with E-state index in [2.05, 4.69) is 15.2 Å². The van der Waals surface area contributed by atoms with E-state index in [-0.39, 0.29) is 12.1 Å². The summed E-state index contributed by atoms with van der Waals surface area (Å²) in [6, 6.07) is 13.6. The van der Waals surface area contributed by atoms with Gasteiger partial charge in [-0.15, -0.1) is 11.3 Å². The maximum atomic E-state index is 12.9. The minimum atomic E-state index is -0.159. The van der Waals surface area contributed by atoms with E-state index in [4.69, 9.17) is 4.52 Å². The quantitative estimate of drug-likeness (QED) is 0.469. The smallest absolute Gasteiger partial charge is 0.277 e. The molecular weight excluding hydrogens is 374 g/mol. The summed E-state index contributed by atoms with van der Waals surface area (Å²) in [7, 11) is 0.